The van der Waals surface area contributed by atoms with Gasteiger partial charge in [0.1, 0.15) is 23.2 Å². The van der Waals surface area contributed by atoms with Crippen LogP contribution in [0.15, 0.2) is 64.6 Å². The van der Waals surface area contributed by atoms with Crippen LogP contribution in [0.25, 0.3) is 17.4 Å². The first kappa shape index (κ1) is 22.6. The molecule has 3 rings (SSSR count). The van der Waals surface area contributed by atoms with Crippen molar-refractivity contribution in [1.29, 1.82) is 5.26 Å². The lowest BCUT2D eigenvalue weighted by atomic mass is 10.1. The van der Waals surface area contributed by atoms with E-state index >= 15 is 0 Å². The number of hydrogen-bond acceptors (Lipinski definition) is 5. The summed E-state index contributed by atoms with van der Waals surface area (Å²) in [4.78, 5) is 22.5. The number of benzene rings is 2. The number of nitro benzene ring substituents is 1. The molecule has 0 spiro atoms. The number of nitro groups is 1. The molecule has 0 radical (unpaired) electrons. The van der Waals surface area contributed by atoms with Gasteiger partial charge in [0.2, 0.25) is 0 Å². The van der Waals surface area contributed by atoms with E-state index in [9.17, 15) is 33.3 Å². The van der Waals surface area contributed by atoms with Gasteiger partial charge in [-0.05, 0) is 36.4 Å². The Kier molecular flexibility index (Phi) is 6.32. The van der Waals surface area contributed by atoms with E-state index in [0.29, 0.717) is 5.56 Å². The number of rotatable bonds is 5. The average molecular weight is 462 g/mol. The molecule has 3 aromatic rings. The molecule has 11 heteroatoms. The number of carbonyl (C=O) groups excluding carboxylic acids is 1. The van der Waals surface area contributed by atoms with Crippen LogP contribution in [-0.2, 0) is 11.0 Å². The lowest BCUT2D eigenvalue weighted by Crippen LogP contribution is -2.14. The van der Waals surface area contributed by atoms with E-state index in [4.69, 9.17) is 16.0 Å². The molecule has 0 atom stereocenters. The normalized spacial score (nSPS) is 11.7. The van der Waals surface area contributed by atoms with Crippen LogP contribution in [0.3, 0.4) is 0 Å². The van der Waals surface area contributed by atoms with Gasteiger partial charge < -0.3 is 9.73 Å². The molecular weight excluding hydrogens is 451 g/mol. The van der Waals surface area contributed by atoms with Gasteiger partial charge in [-0.1, -0.05) is 17.7 Å². The van der Waals surface area contributed by atoms with Crippen molar-refractivity contribution in [3.05, 3.63) is 86.6 Å². The monoisotopic (exact) mass is 461 g/mol. The van der Waals surface area contributed by atoms with E-state index in [1.807, 2.05) is 0 Å². The SMILES string of the molecule is N#C/C(=C\c1ccc(-c2ccc([N+](=O)[O-])cc2Cl)o1)C(=O)Nc1cccc(C(F)(F)F)c1. The maximum atomic E-state index is 12.8. The first-order valence-electron chi connectivity index (χ1n) is 8.73. The minimum Gasteiger partial charge on any atom is -0.457 e. The Morgan fingerprint density at radius 3 is 2.56 bits per heavy atom. The maximum absolute atomic E-state index is 12.8. The highest BCUT2D eigenvalue weighted by atomic mass is 35.5. The highest BCUT2D eigenvalue weighted by molar-refractivity contribution is 6.33. The van der Waals surface area contributed by atoms with Crippen LogP contribution in [0, 0.1) is 21.4 Å². The second-order valence-corrected chi connectivity index (χ2v) is 6.73. The van der Waals surface area contributed by atoms with Gasteiger partial charge in [0.15, 0.2) is 0 Å². The zero-order valence-electron chi connectivity index (χ0n) is 15.8. The van der Waals surface area contributed by atoms with E-state index < -0.39 is 28.1 Å². The van der Waals surface area contributed by atoms with Crippen molar-refractivity contribution in [1.82, 2.24) is 0 Å². The van der Waals surface area contributed by atoms with Crippen LogP contribution in [0.5, 0.6) is 0 Å². The summed E-state index contributed by atoms with van der Waals surface area (Å²) in [6.45, 7) is 0. The number of anilines is 1. The third-order valence-corrected chi connectivity index (χ3v) is 4.47. The van der Waals surface area contributed by atoms with Crippen molar-refractivity contribution in [3.8, 4) is 17.4 Å². The van der Waals surface area contributed by atoms with E-state index in [0.717, 1.165) is 30.3 Å². The standard InChI is InChI=1S/C21H11ClF3N3O4/c22-18-10-15(28(30)31)4-6-17(18)19-7-5-16(32-19)8-12(11-26)20(29)27-14-3-1-2-13(9-14)21(23,24)25/h1-10H,(H,27,29)/b12-8+. The van der Waals surface area contributed by atoms with Crippen LogP contribution in [0.4, 0.5) is 24.5 Å². The number of halogens is 4. The second kappa shape index (κ2) is 8.95. The van der Waals surface area contributed by atoms with Crippen LogP contribution >= 0.6 is 11.6 Å². The molecular formula is C21H11ClF3N3O4. The molecule has 0 fully saturated rings. The predicted octanol–water partition coefficient (Wildman–Crippen LogP) is 6.07. The van der Waals surface area contributed by atoms with Gasteiger partial charge in [-0.2, -0.15) is 18.4 Å². The fraction of sp³-hybridized carbons (Fsp3) is 0.0476. The summed E-state index contributed by atoms with van der Waals surface area (Å²) in [7, 11) is 0. The number of hydrogen-bond donors (Lipinski definition) is 1. The average Bonchev–Trinajstić information content (AvgIpc) is 3.19. The Bertz CT molecular complexity index is 1280. The number of nitrogens with zero attached hydrogens (tertiary/aromatic N) is 2. The molecule has 1 N–H and O–H groups in total. The van der Waals surface area contributed by atoms with Gasteiger partial charge in [0.25, 0.3) is 11.6 Å². The summed E-state index contributed by atoms with van der Waals surface area (Å²) < 4.78 is 44.0. The molecule has 32 heavy (non-hydrogen) atoms. The number of alkyl halides is 3. The molecule has 1 aromatic heterocycles. The largest absolute Gasteiger partial charge is 0.457 e. The molecule has 0 aliphatic carbocycles. The Morgan fingerprint density at radius 1 is 1.19 bits per heavy atom. The molecule has 0 aliphatic heterocycles. The van der Waals surface area contributed by atoms with E-state index in [-0.39, 0.29) is 27.9 Å². The van der Waals surface area contributed by atoms with Crippen LogP contribution in [-0.4, -0.2) is 10.8 Å². The fourth-order valence-corrected chi connectivity index (χ4v) is 2.92. The molecule has 1 heterocycles. The minimum atomic E-state index is -4.58. The van der Waals surface area contributed by atoms with Crippen LogP contribution in [0.2, 0.25) is 5.02 Å². The zero-order chi connectivity index (χ0) is 23.5. The number of non-ortho nitro benzene ring substituents is 1. The number of nitrogens with one attached hydrogen (secondary N) is 1. The van der Waals surface area contributed by atoms with Crippen LogP contribution < -0.4 is 5.32 Å². The quantitative estimate of drug-likeness (QED) is 0.214. The smallest absolute Gasteiger partial charge is 0.416 e. The number of nitriles is 1. The summed E-state index contributed by atoms with van der Waals surface area (Å²) in [5, 5.41) is 22.4. The molecule has 0 aliphatic rings. The van der Waals surface area contributed by atoms with Gasteiger partial charge in [-0.25, -0.2) is 0 Å². The molecule has 0 saturated heterocycles. The third-order valence-electron chi connectivity index (χ3n) is 4.16. The maximum Gasteiger partial charge on any atom is 0.416 e. The number of furan rings is 1. The van der Waals surface area contributed by atoms with Gasteiger partial charge >= 0.3 is 6.18 Å². The van der Waals surface area contributed by atoms with E-state index in [1.165, 1.54) is 30.3 Å². The van der Waals surface area contributed by atoms with Crippen molar-refractivity contribution < 1.29 is 27.3 Å². The van der Waals surface area contributed by atoms with Gasteiger partial charge in [-0.15, -0.1) is 0 Å². The van der Waals surface area contributed by atoms with E-state index in [1.54, 1.807) is 6.07 Å². The fourth-order valence-electron chi connectivity index (χ4n) is 2.66. The third kappa shape index (κ3) is 5.14. The summed E-state index contributed by atoms with van der Waals surface area (Å²) in [5.74, 6) is -0.616. The molecule has 7 nitrogen and oxygen atoms in total. The molecule has 162 valence electrons. The topological polar surface area (TPSA) is 109 Å². The molecule has 0 unspecified atom stereocenters. The Labute approximate surface area is 183 Å². The first-order chi connectivity index (χ1) is 15.1. The summed E-state index contributed by atoms with van der Waals surface area (Å²) in [5.41, 5.74) is -1.36. The molecule has 0 bridgehead atoms. The Hall–Kier alpha value is -4.10. The van der Waals surface area contributed by atoms with Crippen LogP contribution in [0.1, 0.15) is 11.3 Å². The minimum absolute atomic E-state index is 0.0619. The van der Waals surface area contributed by atoms with Crippen molar-refractivity contribution in [2.75, 3.05) is 5.32 Å². The summed E-state index contributed by atoms with van der Waals surface area (Å²) >= 11 is 6.06. The zero-order valence-corrected chi connectivity index (χ0v) is 16.6. The lowest BCUT2D eigenvalue weighted by molar-refractivity contribution is -0.384. The lowest BCUT2D eigenvalue weighted by Gasteiger charge is -2.09. The summed E-state index contributed by atoms with van der Waals surface area (Å²) in [6, 6.07) is 12.3. The van der Waals surface area contributed by atoms with Gasteiger partial charge in [0, 0.05) is 29.5 Å². The highest BCUT2D eigenvalue weighted by Crippen LogP contribution is 2.33. The van der Waals surface area contributed by atoms with Gasteiger partial charge in [0.05, 0.1) is 15.5 Å². The van der Waals surface area contributed by atoms with E-state index in [2.05, 4.69) is 5.32 Å². The second-order valence-electron chi connectivity index (χ2n) is 6.33. The first-order valence-corrected chi connectivity index (χ1v) is 9.11. The van der Waals surface area contributed by atoms with Crippen molar-refractivity contribution in [2.24, 2.45) is 0 Å². The van der Waals surface area contributed by atoms with Gasteiger partial charge in [-0.3, -0.25) is 14.9 Å². The molecule has 1 amide bonds. The molecule has 0 saturated carbocycles. The predicted molar refractivity (Wildman–Crippen MR) is 109 cm³/mol. The Morgan fingerprint density at radius 2 is 1.94 bits per heavy atom. The van der Waals surface area contributed by atoms with Crippen molar-refractivity contribution in [2.45, 2.75) is 6.18 Å². The number of carbonyl (C=O) groups is 1. The Balaban J connectivity index is 1.82. The van der Waals surface area contributed by atoms with Crippen molar-refractivity contribution >= 4 is 35.0 Å². The number of amides is 1. The molecule has 2 aromatic carbocycles. The summed E-state index contributed by atoms with van der Waals surface area (Å²) in [6.07, 6.45) is -3.48. The van der Waals surface area contributed by atoms with Crippen molar-refractivity contribution in [3.63, 3.8) is 0 Å². The highest BCUT2D eigenvalue weighted by Gasteiger charge is 2.30.